The average Bonchev–Trinajstić information content (AvgIpc) is 2.01. The molecule has 12 heavy (non-hydrogen) atoms. The number of nitrogens with two attached hydrogens (primary N) is 1. The Labute approximate surface area is 72.7 Å². The second-order valence-corrected chi connectivity index (χ2v) is 2.64. The second-order valence-electron chi connectivity index (χ2n) is 2.64. The van der Waals surface area contributed by atoms with Gasteiger partial charge in [-0.3, -0.25) is 4.79 Å². The fourth-order valence-electron chi connectivity index (χ4n) is 0.890. The molecule has 0 radical (unpaired) electrons. The van der Waals surface area contributed by atoms with Crippen LogP contribution in [-0.4, -0.2) is 30.3 Å². The fraction of sp³-hybridized carbons (Fsp3) is 0.875. The van der Waals surface area contributed by atoms with Gasteiger partial charge in [-0.2, -0.15) is 0 Å². The summed E-state index contributed by atoms with van der Waals surface area (Å²) in [4.78, 5) is 10.9. The molecule has 0 aliphatic heterocycles. The molecule has 0 aliphatic rings. The van der Waals surface area contributed by atoms with E-state index in [-0.39, 0.29) is 25.0 Å². The largest absolute Gasteiger partial charge is 0.466 e. The Kier molecular flexibility index (Phi) is 6.70. The molecule has 0 aromatic carbocycles. The highest BCUT2D eigenvalue weighted by Gasteiger charge is 2.08. The number of hydrogen-bond donors (Lipinski definition) is 2. The summed E-state index contributed by atoms with van der Waals surface area (Å²) in [6.07, 6.45) is 1.55. The molecule has 3 N–H and O–H groups in total. The van der Waals surface area contributed by atoms with Crippen molar-refractivity contribution in [3.8, 4) is 0 Å². The monoisotopic (exact) mass is 175 g/mol. The molecular formula is C8H17NO3. The molecule has 0 fully saturated rings. The number of esters is 1. The molecule has 1 atom stereocenters. The summed E-state index contributed by atoms with van der Waals surface area (Å²) >= 11 is 0. The van der Waals surface area contributed by atoms with Crippen LogP contribution in [0.2, 0.25) is 0 Å². The van der Waals surface area contributed by atoms with E-state index in [0.29, 0.717) is 19.4 Å². The van der Waals surface area contributed by atoms with E-state index < -0.39 is 0 Å². The van der Waals surface area contributed by atoms with E-state index in [0.717, 1.165) is 0 Å². The van der Waals surface area contributed by atoms with Crippen LogP contribution in [0.5, 0.6) is 0 Å². The Hall–Kier alpha value is -0.610. The Morgan fingerprint density at radius 2 is 2.33 bits per heavy atom. The summed E-state index contributed by atoms with van der Waals surface area (Å²) < 4.78 is 4.71. The van der Waals surface area contributed by atoms with Crippen molar-refractivity contribution < 1.29 is 14.6 Å². The summed E-state index contributed by atoms with van der Waals surface area (Å²) in [5.74, 6) is -0.261. The van der Waals surface area contributed by atoms with Crippen molar-refractivity contribution in [3.63, 3.8) is 0 Å². The molecular weight excluding hydrogens is 158 g/mol. The minimum absolute atomic E-state index is 0.122. The summed E-state index contributed by atoms with van der Waals surface area (Å²) in [5.41, 5.74) is 5.58. The number of carbonyl (C=O) groups is 1. The van der Waals surface area contributed by atoms with Gasteiger partial charge in [-0.1, -0.05) is 0 Å². The normalized spacial score (nSPS) is 12.6. The molecule has 0 aromatic rings. The third kappa shape index (κ3) is 6.12. The molecule has 0 aromatic heterocycles. The standard InChI is InChI=1S/C8H17NO3/c1-2-12-8(11)6-7(9)4-3-5-10/h7,10H,2-6,9H2,1H3. The quantitative estimate of drug-likeness (QED) is 0.559. The van der Waals surface area contributed by atoms with Crippen LogP contribution in [0.25, 0.3) is 0 Å². The molecule has 0 amide bonds. The molecule has 72 valence electrons. The van der Waals surface area contributed by atoms with Crippen molar-refractivity contribution in [2.45, 2.75) is 32.2 Å². The van der Waals surface area contributed by atoms with Gasteiger partial charge >= 0.3 is 5.97 Å². The van der Waals surface area contributed by atoms with Crippen molar-refractivity contribution >= 4 is 5.97 Å². The second kappa shape index (κ2) is 7.06. The van der Waals surface area contributed by atoms with Crippen LogP contribution < -0.4 is 5.73 Å². The van der Waals surface area contributed by atoms with Gasteiger partial charge in [0, 0.05) is 12.6 Å². The predicted octanol–water partition coefficient (Wildman–Crippen LogP) is 0.0394. The maximum atomic E-state index is 10.9. The van der Waals surface area contributed by atoms with Crippen molar-refractivity contribution in [2.75, 3.05) is 13.2 Å². The maximum absolute atomic E-state index is 10.9. The molecule has 0 saturated carbocycles. The van der Waals surface area contributed by atoms with Crippen LogP contribution >= 0.6 is 0 Å². The number of aliphatic hydroxyl groups is 1. The van der Waals surface area contributed by atoms with E-state index in [1.807, 2.05) is 0 Å². The van der Waals surface area contributed by atoms with Gasteiger partial charge in [-0.25, -0.2) is 0 Å². The Morgan fingerprint density at radius 1 is 1.67 bits per heavy atom. The lowest BCUT2D eigenvalue weighted by atomic mass is 10.1. The van der Waals surface area contributed by atoms with Gasteiger partial charge in [0.25, 0.3) is 0 Å². The van der Waals surface area contributed by atoms with E-state index in [2.05, 4.69) is 0 Å². The Bertz CT molecular complexity index is 127. The first-order valence-electron chi connectivity index (χ1n) is 4.22. The van der Waals surface area contributed by atoms with E-state index in [1.54, 1.807) is 6.92 Å². The molecule has 0 heterocycles. The van der Waals surface area contributed by atoms with E-state index >= 15 is 0 Å². The van der Waals surface area contributed by atoms with Gasteiger partial charge in [0.05, 0.1) is 13.0 Å². The van der Waals surface area contributed by atoms with Crippen LogP contribution in [0.3, 0.4) is 0 Å². The summed E-state index contributed by atoms with van der Waals surface area (Å²) in [7, 11) is 0. The first kappa shape index (κ1) is 11.4. The van der Waals surface area contributed by atoms with Gasteiger partial charge in [0.2, 0.25) is 0 Å². The first-order chi connectivity index (χ1) is 5.70. The highest BCUT2D eigenvalue weighted by atomic mass is 16.5. The zero-order valence-corrected chi connectivity index (χ0v) is 7.45. The highest BCUT2D eigenvalue weighted by molar-refractivity contribution is 5.70. The molecule has 0 rings (SSSR count). The van der Waals surface area contributed by atoms with Crippen molar-refractivity contribution in [1.29, 1.82) is 0 Å². The minimum atomic E-state index is -0.261. The van der Waals surface area contributed by atoms with Crippen molar-refractivity contribution in [2.24, 2.45) is 5.73 Å². The topological polar surface area (TPSA) is 72.5 Å². The zero-order chi connectivity index (χ0) is 9.40. The third-order valence-corrected chi connectivity index (χ3v) is 1.47. The van der Waals surface area contributed by atoms with Crippen LogP contribution in [0.4, 0.5) is 0 Å². The number of rotatable bonds is 6. The number of aliphatic hydroxyl groups excluding tert-OH is 1. The van der Waals surface area contributed by atoms with E-state index in [9.17, 15) is 4.79 Å². The first-order valence-corrected chi connectivity index (χ1v) is 4.22. The average molecular weight is 175 g/mol. The lowest BCUT2D eigenvalue weighted by Gasteiger charge is -2.08. The van der Waals surface area contributed by atoms with Crippen LogP contribution in [0.1, 0.15) is 26.2 Å². The minimum Gasteiger partial charge on any atom is -0.466 e. The number of ether oxygens (including phenoxy) is 1. The smallest absolute Gasteiger partial charge is 0.307 e. The van der Waals surface area contributed by atoms with Gasteiger partial charge in [-0.05, 0) is 19.8 Å². The van der Waals surface area contributed by atoms with Crippen molar-refractivity contribution in [1.82, 2.24) is 0 Å². The maximum Gasteiger partial charge on any atom is 0.307 e. The lowest BCUT2D eigenvalue weighted by Crippen LogP contribution is -2.25. The Balaban J connectivity index is 3.40. The SMILES string of the molecule is CCOC(=O)CC(N)CCCO. The fourth-order valence-corrected chi connectivity index (χ4v) is 0.890. The molecule has 0 bridgehead atoms. The molecule has 4 nitrogen and oxygen atoms in total. The molecule has 0 saturated heterocycles. The van der Waals surface area contributed by atoms with Crippen LogP contribution in [0, 0.1) is 0 Å². The highest BCUT2D eigenvalue weighted by Crippen LogP contribution is 1.99. The van der Waals surface area contributed by atoms with E-state index in [1.165, 1.54) is 0 Å². The van der Waals surface area contributed by atoms with Gasteiger partial charge < -0.3 is 15.6 Å². The number of carbonyl (C=O) groups excluding carboxylic acids is 1. The van der Waals surface area contributed by atoms with Crippen LogP contribution in [-0.2, 0) is 9.53 Å². The predicted molar refractivity (Wildman–Crippen MR) is 45.5 cm³/mol. The lowest BCUT2D eigenvalue weighted by molar-refractivity contribution is -0.143. The van der Waals surface area contributed by atoms with Gasteiger partial charge in [0.15, 0.2) is 0 Å². The van der Waals surface area contributed by atoms with Gasteiger partial charge in [-0.15, -0.1) is 0 Å². The van der Waals surface area contributed by atoms with Crippen LogP contribution in [0.15, 0.2) is 0 Å². The molecule has 0 aliphatic carbocycles. The Morgan fingerprint density at radius 3 is 2.83 bits per heavy atom. The third-order valence-electron chi connectivity index (χ3n) is 1.47. The molecule has 0 spiro atoms. The molecule has 4 heteroatoms. The number of hydrogen-bond acceptors (Lipinski definition) is 4. The van der Waals surface area contributed by atoms with Gasteiger partial charge in [0.1, 0.15) is 0 Å². The molecule has 1 unspecified atom stereocenters. The summed E-state index contributed by atoms with van der Waals surface area (Å²) in [6.45, 7) is 2.28. The zero-order valence-electron chi connectivity index (χ0n) is 7.45. The van der Waals surface area contributed by atoms with E-state index in [4.69, 9.17) is 15.6 Å². The van der Waals surface area contributed by atoms with Crippen molar-refractivity contribution in [3.05, 3.63) is 0 Å². The summed E-state index contributed by atoms with van der Waals surface area (Å²) in [5, 5.41) is 8.48. The summed E-state index contributed by atoms with van der Waals surface area (Å²) in [6, 6.07) is -0.184.